The highest BCUT2D eigenvalue weighted by atomic mass is 15.1. The zero-order chi connectivity index (χ0) is 49.4. The molecule has 0 N–H and O–H groups in total. The number of aromatic nitrogens is 2. The molecule has 0 spiro atoms. The van der Waals surface area contributed by atoms with Gasteiger partial charge in [-0.05, 0) is 196 Å². The van der Waals surface area contributed by atoms with Gasteiger partial charge in [-0.1, -0.05) is 158 Å². The molecule has 2 aromatic heterocycles. The molecule has 12 aromatic rings. The Hall–Kier alpha value is -9.18. The second-order valence-electron chi connectivity index (χ2n) is 20.6. The Morgan fingerprint density at radius 2 is 0.987 bits per heavy atom. The molecule has 0 radical (unpaired) electrons. The van der Waals surface area contributed by atoms with Crippen molar-refractivity contribution in [1.82, 2.24) is 9.13 Å². The lowest BCUT2D eigenvalue weighted by molar-refractivity contribution is 0.879. The minimum atomic E-state index is 1.05. The molecule has 3 aliphatic carbocycles. The lowest BCUT2D eigenvalue weighted by Gasteiger charge is -2.27. The Kier molecular flexibility index (Phi) is 10.3. The van der Waals surface area contributed by atoms with E-state index in [0.717, 1.165) is 61.2 Å². The second-order valence-corrected chi connectivity index (χ2v) is 20.6. The van der Waals surface area contributed by atoms with E-state index in [0.29, 0.717) is 0 Å². The van der Waals surface area contributed by atoms with Crippen LogP contribution in [0.3, 0.4) is 0 Å². The number of fused-ring (bicyclic) bond motifs is 10. The zero-order valence-corrected chi connectivity index (χ0v) is 41.8. The predicted octanol–water partition coefficient (Wildman–Crippen LogP) is 19.4. The molecule has 15 rings (SSSR count). The third-order valence-electron chi connectivity index (χ3n) is 16.3. The minimum Gasteiger partial charge on any atom is -0.310 e. The monoisotopic (exact) mass is 959 g/mol. The SMILES string of the molecule is C1=CC2=C(CC1)c1c(c3ccc(-c4cc(-c5cccc(N(c6ccccc6)c6cccc7ccccc67)c5)cc(-c5ccc6c7c8c(ccc7n(-c7ccccc7)c6c5)CCC=C8)c4)cc3n1-c1ccccc1)CC2. The molecule has 2 heterocycles. The number of para-hydroxylation sites is 3. The predicted molar refractivity (Wildman–Crippen MR) is 317 cm³/mol. The van der Waals surface area contributed by atoms with Gasteiger partial charge in [0, 0.05) is 44.3 Å². The molecule has 10 aromatic carbocycles. The number of nitrogens with zero attached hydrogens (tertiary/aromatic N) is 3. The molecule has 0 fully saturated rings. The maximum atomic E-state index is 2.58. The lowest BCUT2D eigenvalue weighted by Crippen LogP contribution is -2.10. The molecule has 0 saturated heterocycles. The summed E-state index contributed by atoms with van der Waals surface area (Å²) in [6, 6.07) is 83.7. The van der Waals surface area contributed by atoms with E-state index < -0.39 is 0 Å². The van der Waals surface area contributed by atoms with Gasteiger partial charge in [0.25, 0.3) is 0 Å². The van der Waals surface area contributed by atoms with E-state index in [4.69, 9.17) is 0 Å². The van der Waals surface area contributed by atoms with Crippen LogP contribution in [0.1, 0.15) is 48.1 Å². The van der Waals surface area contributed by atoms with Gasteiger partial charge < -0.3 is 14.0 Å². The number of aryl methyl sites for hydroxylation is 2. The van der Waals surface area contributed by atoms with Crippen LogP contribution in [0, 0.1) is 0 Å². The van der Waals surface area contributed by atoms with Crippen LogP contribution in [0.15, 0.2) is 248 Å². The molecule has 3 nitrogen and oxygen atoms in total. The minimum absolute atomic E-state index is 1.05. The summed E-state index contributed by atoms with van der Waals surface area (Å²) >= 11 is 0. The highest BCUT2D eigenvalue weighted by Crippen LogP contribution is 2.47. The van der Waals surface area contributed by atoms with Crippen molar-refractivity contribution in [1.29, 1.82) is 0 Å². The van der Waals surface area contributed by atoms with Crippen LogP contribution in [0.4, 0.5) is 17.1 Å². The van der Waals surface area contributed by atoms with E-state index in [9.17, 15) is 0 Å². The molecular formula is C72H53N3. The molecule has 3 heteroatoms. The van der Waals surface area contributed by atoms with Crippen LogP contribution >= 0.6 is 0 Å². The molecule has 0 amide bonds. The van der Waals surface area contributed by atoms with Crippen molar-refractivity contribution in [2.45, 2.75) is 38.5 Å². The number of benzene rings is 10. The standard InChI is InChI=1S/C72H53N3/c1-4-23-57(24-5-1)73(67-33-17-21-48-18-10-13-30-61(48)67)60-29-16-22-51(45-60)54-42-55(52-35-38-64-65-39-34-50-20-12-15-32-63(50)72(65)75(69(64)46-52)59-27-8-3-9-28-59)44-56(43-54)53-36-40-66-70(47-53)74(58-25-6-2-7-26-58)68-41-37-49-19-11-14-31-62(49)71(66)68/h1-10,12-14,16-18,20-31,33,35-38,40-47H,11,15,19,32,34,39H2. The Bertz CT molecular complexity index is 4330. The summed E-state index contributed by atoms with van der Waals surface area (Å²) in [6.07, 6.45) is 15.9. The highest BCUT2D eigenvalue weighted by Gasteiger charge is 2.28. The number of hydrogen-bond acceptors (Lipinski definition) is 1. The summed E-state index contributed by atoms with van der Waals surface area (Å²) in [5.74, 6) is 0. The van der Waals surface area contributed by atoms with Gasteiger partial charge in [0.15, 0.2) is 0 Å². The van der Waals surface area contributed by atoms with Crippen molar-refractivity contribution in [2.24, 2.45) is 0 Å². The van der Waals surface area contributed by atoms with Crippen LogP contribution < -0.4 is 4.90 Å². The smallest absolute Gasteiger partial charge is 0.0547 e. The van der Waals surface area contributed by atoms with Gasteiger partial charge in [-0.15, -0.1) is 0 Å². The summed E-state index contributed by atoms with van der Waals surface area (Å²) in [5.41, 5.74) is 25.2. The lowest BCUT2D eigenvalue weighted by atomic mass is 9.84. The van der Waals surface area contributed by atoms with E-state index in [1.807, 2.05) is 0 Å². The fourth-order valence-corrected chi connectivity index (χ4v) is 12.8. The normalized spacial score (nSPS) is 13.9. The first-order valence-corrected chi connectivity index (χ1v) is 26.7. The number of rotatable bonds is 8. The maximum absolute atomic E-state index is 2.58. The van der Waals surface area contributed by atoms with Gasteiger partial charge in [0.2, 0.25) is 0 Å². The Morgan fingerprint density at radius 1 is 0.373 bits per heavy atom. The Labute approximate surface area is 437 Å². The van der Waals surface area contributed by atoms with E-state index in [1.54, 1.807) is 0 Å². The molecule has 0 unspecified atom stereocenters. The molecule has 0 bridgehead atoms. The van der Waals surface area contributed by atoms with Crippen LogP contribution in [0.2, 0.25) is 0 Å². The van der Waals surface area contributed by atoms with Crippen LogP contribution in [-0.2, 0) is 12.8 Å². The third kappa shape index (κ3) is 7.25. The summed E-state index contributed by atoms with van der Waals surface area (Å²) < 4.78 is 5.05. The van der Waals surface area contributed by atoms with Crippen LogP contribution in [0.5, 0.6) is 0 Å². The van der Waals surface area contributed by atoms with E-state index >= 15 is 0 Å². The first-order chi connectivity index (χ1) is 37.2. The van der Waals surface area contributed by atoms with Crippen molar-refractivity contribution < 1.29 is 0 Å². The average Bonchev–Trinajstić information content (AvgIpc) is 4.11. The summed E-state index contributed by atoms with van der Waals surface area (Å²) in [4.78, 5) is 2.41. The molecule has 75 heavy (non-hydrogen) atoms. The third-order valence-corrected chi connectivity index (χ3v) is 16.3. The van der Waals surface area contributed by atoms with Crippen LogP contribution in [-0.4, -0.2) is 9.13 Å². The van der Waals surface area contributed by atoms with Crippen molar-refractivity contribution >= 4 is 72.2 Å². The van der Waals surface area contributed by atoms with Gasteiger partial charge in [-0.3, -0.25) is 0 Å². The van der Waals surface area contributed by atoms with Crippen LogP contribution in [0.25, 0.3) is 99.9 Å². The largest absolute Gasteiger partial charge is 0.310 e. The van der Waals surface area contributed by atoms with E-state index in [-0.39, 0.29) is 0 Å². The second kappa shape index (κ2) is 17.8. The van der Waals surface area contributed by atoms with E-state index in [2.05, 4.69) is 263 Å². The molecule has 3 aliphatic rings. The highest BCUT2D eigenvalue weighted by molar-refractivity contribution is 6.14. The van der Waals surface area contributed by atoms with Crippen molar-refractivity contribution in [3.05, 3.63) is 271 Å². The molecule has 0 atom stereocenters. The van der Waals surface area contributed by atoms with Gasteiger partial charge in [0.05, 0.1) is 27.9 Å². The van der Waals surface area contributed by atoms with Gasteiger partial charge in [-0.25, -0.2) is 0 Å². The van der Waals surface area contributed by atoms with Crippen molar-refractivity contribution in [3.63, 3.8) is 0 Å². The first-order valence-electron chi connectivity index (χ1n) is 26.7. The fraction of sp³-hybridized carbons (Fsp3) is 0.0833. The quantitative estimate of drug-likeness (QED) is 0.148. The van der Waals surface area contributed by atoms with Crippen molar-refractivity contribution in [2.75, 3.05) is 4.90 Å². The Morgan fingerprint density at radius 3 is 1.76 bits per heavy atom. The number of allylic oxidation sites excluding steroid dienone is 5. The molecular weight excluding hydrogens is 907 g/mol. The Balaban J connectivity index is 0.960. The molecule has 356 valence electrons. The summed E-state index contributed by atoms with van der Waals surface area (Å²) in [7, 11) is 0. The van der Waals surface area contributed by atoms with E-state index in [1.165, 1.54) is 116 Å². The van der Waals surface area contributed by atoms with Gasteiger partial charge in [-0.2, -0.15) is 0 Å². The zero-order valence-electron chi connectivity index (χ0n) is 41.8. The maximum Gasteiger partial charge on any atom is 0.0547 e. The first kappa shape index (κ1) is 43.4. The topological polar surface area (TPSA) is 13.1 Å². The average molecular weight is 960 g/mol. The molecule has 0 saturated carbocycles. The number of hydrogen-bond donors (Lipinski definition) is 0. The number of anilines is 3. The molecule has 0 aliphatic heterocycles. The van der Waals surface area contributed by atoms with Gasteiger partial charge in [0.1, 0.15) is 0 Å². The van der Waals surface area contributed by atoms with Crippen molar-refractivity contribution in [3.8, 4) is 44.8 Å². The van der Waals surface area contributed by atoms with Gasteiger partial charge >= 0.3 is 0 Å². The summed E-state index contributed by atoms with van der Waals surface area (Å²) in [5, 5.41) is 6.39. The summed E-state index contributed by atoms with van der Waals surface area (Å²) in [6.45, 7) is 0. The fourth-order valence-electron chi connectivity index (χ4n) is 12.8.